The van der Waals surface area contributed by atoms with E-state index >= 15 is 0 Å². The van der Waals surface area contributed by atoms with Gasteiger partial charge in [-0.2, -0.15) is 4.98 Å². The third kappa shape index (κ3) is 3.24. The van der Waals surface area contributed by atoms with Crippen LogP contribution in [0.3, 0.4) is 0 Å². The molecule has 0 spiro atoms. The number of pyridine rings is 1. The summed E-state index contributed by atoms with van der Waals surface area (Å²) in [5.74, 6) is 0.185. The average molecular weight is 378 g/mol. The van der Waals surface area contributed by atoms with Crippen LogP contribution in [0.2, 0.25) is 5.15 Å². The molecular formula is C17H20ClN5O3. The number of halogens is 1. The van der Waals surface area contributed by atoms with Gasteiger partial charge in [0.15, 0.2) is 0 Å². The van der Waals surface area contributed by atoms with Gasteiger partial charge >= 0.3 is 5.97 Å². The van der Waals surface area contributed by atoms with Crippen LogP contribution in [-0.2, 0) is 11.3 Å². The number of rotatable bonds is 5. The van der Waals surface area contributed by atoms with Crippen LogP contribution in [0, 0.1) is 13.8 Å². The number of aliphatic carboxylic acids is 1. The summed E-state index contributed by atoms with van der Waals surface area (Å²) in [5.41, 5.74) is 9.14. The van der Waals surface area contributed by atoms with Crippen LogP contribution < -0.4 is 15.4 Å². The Hall–Kier alpha value is -2.61. The highest BCUT2D eigenvalue weighted by Crippen LogP contribution is 2.42. The molecule has 1 atom stereocenters. The van der Waals surface area contributed by atoms with Crippen molar-refractivity contribution < 1.29 is 14.6 Å². The lowest BCUT2D eigenvalue weighted by molar-refractivity contribution is -0.137. The Labute approximate surface area is 156 Å². The number of aromatic nitrogens is 3. The second kappa shape index (κ2) is 6.95. The van der Waals surface area contributed by atoms with Gasteiger partial charge in [0.05, 0.1) is 19.2 Å². The molecule has 0 saturated heterocycles. The van der Waals surface area contributed by atoms with Crippen LogP contribution in [0.4, 0.5) is 11.8 Å². The molecule has 2 aromatic heterocycles. The lowest BCUT2D eigenvalue weighted by atomic mass is 10.0. The van der Waals surface area contributed by atoms with Crippen LogP contribution in [0.5, 0.6) is 5.75 Å². The standard InChI is InChI=1S/C17H20ClN5O3/c1-8-11(5-20-9(2)14(8)26-3)7-23-6-10(4-12(24)25)13-15(18)21-17(19)22-16(13)23/h5,10H,4,6-7H2,1-3H3,(H,24,25)(H2,19,21,22)/t10-/m0/s1. The molecule has 0 amide bonds. The van der Waals surface area contributed by atoms with Crippen LogP contribution in [0.1, 0.15) is 34.7 Å². The van der Waals surface area contributed by atoms with E-state index in [0.29, 0.717) is 24.5 Å². The fourth-order valence-electron chi connectivity index (χ4n) is 3.41. The number of anilines is 2. The van der Waals surface area contributed by atoms with E-state index in [-0.39, 0.29) is 23.4 Å². The summed E-state index contributed by atoms with van der Waals surface area (Å²) in [7, 11) is 1.61. The monoisotopic (exact) mass is 377 g/mol. The third-order valence-corrected chi connectivity index (χ3v) is 4.88. The van der Waals surface area contributed by atoms with Gasteiger partial charge in [0.2, 0.25) is 5.95 Å². The van der Waals surface area contributed by atoms with Crippen molar-refractivity contribution in [3.8, 4) is 5.75 Å². The fraction of sp³-hybridized carbons (Fsp3) is 0.412. The van der Waals surface area contributed by atoms with Gasteiger partial charge in [-0.05, 0) is 25.0 Å². The van der Waals surface area contributed by atoms with Crippen LogP contribution in [0.15, 0.2) is 6.20 Å². The highest BCUT2D eigenvalue weighted by Gasteiger charge is 2.35. The highest BCUT2D eigenvalue weighted by molar-refractivity contribution is 6.30. The van der Waals surface area contributed by atoms with E-state index < -0.39 is 5.97 Å². The van der Waals surface area contributed by atoms with Crippen LogP contribution >= 0.6 is 11.6 Å². The number of hydrogen-bond acceptors (Lipinski definition) is 7. The van der Waals surface area contributed by atoms with Crippen LogP contribution in [-0.4, -0.2) is 39.7 Å². The lowest BCUT2D eigenvalue weighted by Gasteiger charge is -2.21. The van der Waals surface area contributed by atoms with E-state index in [1.54, 1.807) is 13.3 Å². The molecule has 0 unspecified atom stereocenters. The van der Waals surface area contributed by atoms with Gasteiger partial charge in [0, 0.05) is 30.8 Å². The van der Waals surface area contributed by atoms with E-state index in [9.17, 15) is 9.90 Å². The van der Waals surface area contributed by atoms with E-state index in [1.807, 2.05) is 18.7 Å². The first-order valence-electron chi connectivity index (χ1n) is 8.10. The van der Waals surface area contributed by atoms with Gasteiger partial charge in [0.25, 0.3) is 0 Å². The molecule has 3 N–H and O–H groups in total. The first kappa shape index (κ1) is 18.2. The maximum Gasteiger partial charge on any atom is 0.304 e. The molecule has 2 aromatic rings. The predicted octanol–water partition coefficient (Wildman–Crippen LogP) is 2.31. The second-order valence-corrected chi connectivity index (χ2v) is 6.67. The smallest absolute Gasteiger partial charge is 0.304 e. The van der Waals surface area contributed by atoms with Gasteiger partial charge in [0.1, 0.15) is 16.7 Å². The summed E-state index contributed by atoms with van der Waals surface area (Å²) in [4.78, 5) is 25.9. The number of nitrogen functional groups attached to an aromatic ring is 1. The summed E-state index contributed by atoms with van der Waals surface area (Å²) >= 11 is 6.24. The number of nitrogens with two attached hydrogens (primary N) is 1. The van der Waals surface area contributed by atoms with Gasteiger partial charge in [-0.3, -0.25) is 9.78 Å². The summed E-state index contributed by atoms with van der Waals surface area (Å²) < 4.78 is 5.44. The zero-order chi connectivity index (χ0) is 19.0. The number of carboxylic acids is 1. The lowest BCUT2D eigenvalue weighted by Crippen LogP contribution is -2.23. The zero-order valence-corrected chi connectivity index (χ0v) is 15.5. The zero-order valence-electron chi connectivity index (χ0n) is 14.8. The molecule has 0 aliphatic carbocycles. The van der Waals surface area contributed by atoms with Crippen molar-refractivity contribution in [3.05, 3.63) is 33.7 Å². The van der Waals surface area contributed by atoms with Crippen molar-refractivity contribution in [2.75, 3.05) is 24.3 Å². The molecule has 9 heteroatoms. The molecular weight excluding hydrogens is 358 g/mol. The molecule has 0 saturated carbocycles. The summed E-state index contributed by atoms with van der Waals surface area (Å²) in [6.45, 7) is 4.81. The van der Waals surface area contributed by atoms with Crippen molar-refractivity contribution in [2.24, 2.45) is 0 Å². The Morgan fingerprint density at radius 2 is 2.19 bits per heavy atom. The van der Waals surface area contributed by atoms with Gasteiger partial charge in [-0.15, -0.1) is 0 Å². The number of methoxy groups -OCH3 is 1. The number of hydrogen-bond donors (Lipinski definition) is 2. The number of fused-ring (bicyclic) bond motifs is 1. The molecule has 1 aliphatic rings. The molecule has 3 rings (SSSR count). The van der Waals surface area contributed by atoms with Gasteiger partial charge in [-0.25, -0.2) is 4.98 Å². The van der Waals surface area contributed by atoms with Crippen molar-refractivity contribution in [2.45, 2.75) is 32.7 Å². The maximum atomic E-state index is 11.2. The summed E-state index contributed by atoms with van der Waals surface area (Å²) in [5, 5.41) is 9.42. The van der Waals surface area contributed by atoms with E-state index in [4.69, 9.17) is 22.1 Å². The minimum atomic E-state index is -0.898. The maximum absolute atomic E-state index is 11.2. The Bertz CT molecular complexity index is 874. The van der Waals surface area contributed by atoms with Crippen LogP contribution in [0.25, 0.3) is 0 Å². The predicted molar refractivity (Wildman–Crippen MR) is 97.8 cm³/mol. The SMILES string of the molecule is COc1c(C)ncc(CN2C[C@H](CC(=O)O)c3c(Cl)nc(N)nc32)c1C. The molecule has 1 aliphatic heterocycles. The van der Waals surface area contributed by atoms with Crippen molar-refractivity contribution >= 4 is 29.3 Å². The second-order valence-electron chi connectivity index (χ2n) is 6.31. The molecule has 0 radical (unpaired) electrons. The van der Waals surface area contributed by atoms with E-state index in [2.05, 4.69) is 15.0 Å². The molecule has 0 fully saturated rings. The molecule has 3 heterocycles. The fourth-order valence-corrected chi connectivity index (χ4v) is 3.74. The largest absolute Gasteiger partial charge is 0.495 e. The topological polar surface area (TPSA) is 114 Å². The quantitative estimate of drug-likeness (QED) is 0.763. The van der Waals surface area contributed by atoms with Gasteiger partial charge < -0.3 is 20.5 Å². The van der Waals surface area contributed by atoms with Crippen molar-refractivity contribution in [3.63, 3.8) is 0 Å². The minimum Gasteiger partial charge on any atom is -0.495 e. The highest BCUT2D eigenvalue weighted by atomic mass is 35.5. The number of nitrogens with zero attached hydrogens (tertiary/aromatic N) is 4. The first-order valence-corrected chi connectivity index (χ1v) is 8.48. The van der Waals surface area contributed by atoms with E-state index in [1.165, 1.54) is 0 Å². The molecule has 138 valence electrons. The molecule has 8 nitrogen and oxygen atoms in total. The number of ether oxygens (including phenoxy) is 1. The number of carbonyl (C=O) groups is 1. The Morgan fingerprint density at radius 3 is 2.85 bits per heavy atom. The summed E-state index contributed by atoms with van der Waals surface area (Å²) in [6.07, 6.45) is 1.74. The molecule has 26 heavy (non-hydrogen) atoms. The Balaban J connectivity index is 1.99. The third-order valence-electron chi connectivity index (χ3n) is 4.60. The van der Waals surface area contributed by atoms with Crippen molar-refractivity contribution in [1.29, 1.82) is 0 Å². The number of carboxylic acid groups (broad SMARTS) is 1. The minimum absolute atomic E-state index is 0.0506. The van der Waals surface area contributed by atoms with Crippen molar-refractivity contribution in [1.82, 2.24) is 15.0 Å². The normalized spacial score (nSPS) is 15.8. The summed E-state index contributed by atoms with van der Waals surface area (Å²) in [6, 6.07) is 0. The molecule has 0 aromatic carbocycles. The average Bonchev–Trinajstić information content (AvgIpc) is 2.87. The Kier molecular flexibility index (Phi) is 4.86. The number of aryl methyl sites for hydroxylation is 1. The van der Waals surface area contributed by atoms with E-state index in [0.717, 1.165) is 22.6 Å². The molecule has 0 bridgehead atoms. The Morgan fingerprint density at radius 1 is 1.46 bits per heavy atom. The first-order chi connectivity index (χ1) is 12.3. The van der Waals surface area contributed by atoms with Gasteiger partial charge in [-0.1, -0.05) is 11.6 Å².